The van der Waals surface area contributed by atoms with Crippen LogP contribution in [-0.2, 0) is 9.53 Å². The van der Waals surface area contributed by atoms with E-state index in [2.05, 4.69) is 19.2 Å². The van der Waals surface area contributed by atoms with E-state index in [1.54, 1.807) is 11.8 Å². The Hall–Kier alpha value is -0.220. The second-order valence-corrected chi connectivity index (χ2v) is 4.87. The SMILES string of the molecule is CCNC(CSCC(C)C)C(=O)OCC. The molecule has 0 amide bonds. The third-order valence-corrected chi connectivity index (χ3v) is 3.23. The van der Waals surface area contributed by atoms with Crippen LogP contribution < -0.4 is 5.32 Å². The molecular weight excluding hydrogens is 210 g/mol. The number of hydrogen-bond acceptors (Lipinski definition) is 4. The molecule has 1 unspecified atom stereocenters. The monoisotopic (exact) mass is 233 g/mol. The van der Waals surface area contributed by atoms with Crippen LogP contribution in [0.5, 0.6) is 0 Å². The quantitative estimate of drug-likeness (QED) is 0.650. The van der Waals surface area contributed by atoms with Crippen LogP contribution >= 0.6 is 11.8 Å². The van der Waals surface area contributed by atoms with Crippen molar-refractivity contribution in [3.63, 3.8) is 0 Å². The standard InChI is InChI=1S/C11H23NO2S/c1-5-12-10(11(13)14-6-2)8-15-7-9(3)4/h9-10,12H,5-8H2,1-4H3. The lowest BCUT2D eigenvalue weighted by atomic mass is 10.3. The van der Waals surface area contributed by atoms with Crippen LogP contribution in [0.4, 0.5) is 0 Å². The lowest BCUT2D eigenvalue weighted by Crippen LogP contribution is -2.40. The molecule has 1 atom stereocenters. The number of nitrogens with one attached hydrogen (secondary N) is 1. The Labute approximate surface area is 97.3 Å². The first-order chi connectivity index (χ1) is 7.11. The van der Waals surface area contributed by atoms with Crippen molar-refractivity contribution in [2.75, 3.05) is 24.7 Å². The zero-order valence-electron chi connectivity index (χ0n) is 10.2. The summed E-state index contributed by atoms with van der Waals surface area (Å²) < 4.78 is 5.00. The van der Waals surface area contributed by atoms with Crippen molar-refractivity contribution in [2.24, 2.45) is 5.92 Å². The van der Waals surface area contributed by atoms with Gasteiger partial charge in [0, 0.05) is 5.75 Å². The summed E-state index contributed by atoms with van der Waals surface area (Å²) >= 11 is 1.80. The second kappa shape index (κ2) is 9.04. The molecule has 0 aromatic rings. The van der Waals surface area contributed by atoms with Crippen LogP contribution in [-0.4, -0.2) is 36.7 Å². The van der Waals surface area contributed by atoms with Gasteiger partial charge in [0.25, 0.3) is 0 Å². The Kier molecular flexibility index (Phi) is 8.91. The van der Waals surface area contributed by atoms with E-state index in [0.29, 0.717) is 12.5 Å². The summed E-state index contributed by atoms with van der Waals surface area (Å²) in [4.78, 5) is 11.5. The third kappa shape index (κ3) is 7.68. The van der Waals surface area contributed by atoms with Gasteiger partial charge in [0.05, 0.1) is 6.61 Å². The summed E-state index contributed by atoms with van der Waals surface area (Å²) in [7, 11) is 0. The predicted molar refractivity (Wildman–Crippen MR) is 66.3 cm³/mol. The van der Waals surface area contributed by atoms with E-state index in [4.69, 9.17) is 4.74 Å². The first-order valence-electron chi connectivity index (χ1n) is 5.59. The highest BCUT2D eigenvalue weighted by molar-refractivity contribution is 7.99. The highest BCUT2D eigenvalue weighted by atomic mass is 32.2. The van der Waals surface area contributed by atoms with E-state index in [1.807, 2.05) is 13.8 Å². The van der Waals surface area contributed by atoms with Gasteiger partial charge >= 0.3 is 5.97 Å². The number of esters is 1. The largest absolute Gasteiger partial charge is 0.465 e. The first-order valence-corrected chi connectivity index (χ1v) is 6.75. The van der Waals surface area contributed by atoms with Gasteiger partial charge < -0.3 is 10.1 Å². The molecule has 0 spiro atoms. The number of hydrogen-bond donors (Lipinski definition) is 1. The van der Waals surface area contributed by atoms with E-state index < -0.39 is 0 Å². The molecule has 4 heteroatoms. The van der Waals surface area contributed by atoms with Crippen molar-refractivity contribution < 1.29 is 9.53 Å². The molecule has 0 aliphatic rings. The molecule has 0 saturated heterocycles. The summed E-state index contributed by atoms with van der Waals surface area (Å²) in [6, 6.07) is -0.154. The van der Waals surface area contributed by atoms with Crippen molar-refractivity contribution >= 4 is 17.7 Å². The van der Waals surface area contributed by atoms with Crippen molar-refractivity contribution in [3.05, 3.63) is 0 Å². The molecule has 15 heavy (non-hydrogen) atoms. The summed E-state index contributed by atoms with van der Waals surface area (Å²) in [6.45, 7) is 9.45. The normalized spacial score (nSPS) is 12.9. The average molecular weight is 233 g/mol. The Bertz CT molecular complexity index is 174. The Morgan fingerprint density at radius 3 is 2.47 bits per heavy atom. The highest BCUT2D eigenvalue weighted by Crippen LogP contribution is 2.09. The molecule has 0 saturated carbocycles. The van der Waals surface area contributed by atoms with E-state index in [9.17, 15) is 4.79 Å². The number of ether oxygens (including phenoxy) is 1. The second-order valence-electron chi connectivity index (χ2n) is 3.79. The molecule has 0 aliphatic carbocycles. The molecule has 0 aromatic heterocycles. The van der Waals surface area contributed by atoms with Gasteiger partial charge in [-0.2, -0.15) is 11.8 Å². The zero-order valence-corrected chi connectivity index (χ0v) is 11.0. The number of thioether (sulfide) groups is 1. The minimum atomic E-state index is -0.154. The molecule has 3 nitrogen and oxygen atoms in total. The molecule has 0 aromatic carbocycles. The van der Waals surface area contributed by atoms with Crippen LogP contribution in [0.2, 0.25) is 0 Å². The van der Waals surface area contributed by atoms with Crippen molar-refractivity contribution in [2.45, 2.75) is 33.7 Å². The fourth-order valence-electron chi connectivity index (χ4n) is 1.12. The molecule has 0 radical (unpaired) electrons. The number of rotatable bonds is 8. The Morgan fingerprint density at radius 2 is 2.00 bits per heavy atom. The van der Waals surface area contributed by atoms with Gasteiger partial charge in [0.2, 0.25) is 0 Å². The van der Waals surface area contributed by atoms with Gasteiger partial charge in [-0.1, -0.05) is 20.8 Å². The van der Waals surface area contributed by atoms with Gasteiger partial charge in [0.1, 0.15) is 6.04 Å². The average Bonchev–Trinajstić information content (AvgIpc) is 2.16. The minimum absolute atomic E-state index is 0.129. The molecule has 0 bridgehead atoms. The van der Waals surface area contributed by atoms with Crippen LogP contribution in [0, 0.1) is 5.92 Å². The summed E-state index contributed by atoms with van der Waals surface area (Å²) in [5.41, 5.74) is 0. The maximum atomic E-state index is 11.5. The Balaban J connectivity index is 3.87. The minimum Gasteiger partial charge on any atom is -0.465 e. The number of carbonyl (C=O) groups is 1. The van der Waals surface area contributed by atoms with Gasteiger partial charge in [0.15, 0.2) is 0 Å². The van der Waals surface area contributed by atoms with Crippen molar-refractivity contribution in [1.29, 1.82) is 0 Å². The fraction of sp³-hybridized carbons (Fsp3) is 0.909. The molecule has 90 valence electrons. The van der Waals surface area contributed by atoms with Crippen LogP contribution in [0.15, 0.2) is 0 Å². The lowest BCUT2D eigenvalue weighted by molar-refractivity contribution is -0.144. The molecule has 0 rings (SSSR count). The first kappa shape index (κ1) is 14.8. The van der Waals surface area contributed by atoms with E-state index in [0.717, 1.165) is 18.1 Å². The summed E-state index contributed by atoms with van der Waals surface area (Å²) in [6.07, 6.45) is 0. The molecule has 0 heterocycles. The van der Waals surface area contributed by atoms with Crippen LogP contribution in [0.25, 0.3) is 0 Å². The van der Waals surface area contributed by atoms with Crippen LogP contribution in [0.3, 0.4) is 0 Å². The van der Waals surface area contributed by atoms with E-state index in [1.165, 1.54) is 0 Å². The molecule has 0 fully saturated rings. The topological polar surface area (TPSA) is 38.3 Å². The summed E-state index contributed by atoms with van der Waals surface area (Å²) in [5, 5.41) is 3.15. The van der Waals surface area contributed by atoms with E-state index >= 15 is 0 Å². The maximum Gasteiger partial charge on any atom is 0.323 e. The third-order valence-electron chi connectivity index (χ3n) is 1.76. The van der Waals surface area contributed by atoms with Crippen molar-refractivity contribution in [1.82, 2.24) is 5.32 Å². The fourth-order valence-corrected chi connectivity index (χ4v) is 2.22. The Morgan fingerprint density at radius 1 is 1.33 bits per heavy atom. The number of likely N-dealkylation sites (N-methyl/N-ethyl adjacent to an activating group) is 1. The van der Waals surface area contributed by atoms with Gasteiger partial charge in [-0.05, 0) is 25.1 Å². The van der Waals surface area contributed by atoms with Crippen molar-refractivity contribution in [3.8, 4) is 0 Å². The van der Waals surface area contributed by atoms with Gasteiger partial charge in [-0.15, -0.1) is 0 Å². The number of carbonyl (C=O) groups excluding carboxylic acids is 1. The lowest BCUT2D eigenvalue weighted by Gasteiger charge is -2.16. The van der Waals surface area contributed by atoms with Gasteiger partial charge in [-0.3, -0.25) is 4.79 Å². The molecule has 0 aliphatic heterocycles. The van der Waals surface area contributed by atoms with E-state index in [-0.39, 0.29) is 12.0 Å². The molecule has 1 N–H and O–H groups in total. The zero-order chi connectivity index (χ0) is 11.7. The van der Waals surface area contributed by atoms with Crippen LogP contribution in [0.1, 0.15) is 27.7 Å². The van der Waals surface area contributed by atoms with Gasteiger partial charge in [-0.25, -0.2) is 0 Å². The highest BCUT2D eigenvalue weighted by Gasteiger charge is 2.18. The predicted octanol–water partition coefficient (Wildman–Crippen LogP) is 1.92. The maximum absolute atomic E-state index is 11.5. The molecular formula is C11H23NO2S. The smallest absolute Gasteiger partial charge is 0.323 e. The summed E-state index contributed by atoms with van der Waals surface area (Å²) in [5.74, 6) is 2.42.